The monoisotopic (exact) mass is 422 g/mol. The minimum atomic E-state index is -0.0110. The van der Waals surface area contributed by atoms with Crippen molar-refractivity contribution in [2.24, 2.45) is 0 Å². The van der Waals surface area contributed by atoms with Gasteiger partial charge in [0.15, 0.2) is 0 Å². The van der Waals surface area contributed by atoms with Crippen LogP contribution in [0.4, 0.5) is 0 Å². The van der Waals surface area contributed by atoms with E-state index in [1.165, 1.54) is 76.4 Å². The molecule has 2 nitrogen and oxygen atoms in total. The lowest BCUT2D eigenvalue weighted by Gasteiger charge is -2.05. The van der Waals surface area contributed by atoms with Crippen LogP contribution in [0, 0.1) is 0 Å². The van der Waals surface area contributed by atoms with Crippen LogP contribution in [0.25, 0.3) is 0 Å². The number of unbranched alkanes of at least 4 members (excludes halogenated alkanes) is 11. The highest BCUT2D eigenvalue weighted by Gasteiger charge is 2.02. The van der Waals surface area contributed by atoms with Crippen LogP contribution in [0.15, 0.2) is 0 Å². The number of ether oxygens (including phenoxy) is 1. The van der Waals surface area contributed by atoms with Gasteiger partial charge in [0, 0.05) is 17.5 Å². The summed E-state index contributed by atoms with van der Waals surface area (Å²) in [6.07, 6.45) is 17.4. The Labute approximate surface area is 163 Å². The predicted molar refractivity (Wildman–Crippen MR) is 112 cm³/mol. The lowest BCUT2D eigenvalue weighted by molar-refractivity contribution is -0.143. The number of carbonyl (C=O) groups is 1. The number of thioether (sulfide) groups is 1. The molecule has 0 rings (SSSR count). The third-order valence-electron chi connectivity index (χ3n) is 4.15. The lowest BCUT2D eigenvalue weighted by atomic mass is 10.1. The molecule has 0 aromatic rings. The van der Waals surface area contributed by atoms with E-state index in [4.69, 9.17) is 4.74 Å². The van der Waals surface area contributed by atoms with Crippen LogP contribution in [-0.2, 0) is 9.53 Å². The standard InChI is InChI=1S/C20H39BrO2S/c1-2-3-4-5-6-7-11-14-18-24-19-17-23-20(22)15-12-9-8-10-13-16-21/h2-19H2,1H3. The van der Waals surface area contributed by atoms with Crippen molar-refractivity contribution >= 4 is 33.7 Å². The molecule has 0 aromatic carbocycles. The molecule has 0 radical (unpaired) electrons. The van der Waals surface area contributed by atoms with Crippen LogP contribution in [-0.4, -0.2) is 29.4 Å². The van der Waals surface area contributed by atoms with Crippen molar-refractivity contribution in [1.82, 2.24) is 0 Å². The quantitative estimate of drug-likeness (QED) is 0.125. The molecule has 24 heavy (non-hydrogen) atoms. The van der Waals surface area contributed by atoms with Crippen molar-refractivity contribution < 1.29 is 9.53 Å². The molecule has 0 unspecified atom stereocenters. The number of rotatable bonds is 19. The SMILES string of the molecule is CCCCCCCCCCSCCOC(=O)CCCCCCCBr. The van der Waals surface area contributed by atoms with Crippen molar-refractivity contribution in [3.05, 3.63) is 0 Å². The molecule has 0 fully saturated rings. The average molecular weight is 424 g/mol. The molecule has 4 heteroatoms. The topological polar surface area (TPSA) is 26.3 Å². The van der Waals surface area contributed by atoms with Crippen molar-refractivity contribution in [2.45, 2.75) is 96.8 Å². The fourth-order valence-corrected chi connectivity index (χ4v) is 3.83. The third-order valence-corrected chi connectivity index (χ3v) is 5.74. The molecule has 0 N–H and O–H groups in total. The molecule has 0 atom stereocenters. The minimum Gasteiger partial charge on any atom is -0.465 e. The number of halogens is 1. The van der Waals surface area contributed by atoms with Gasteiger partial charge in [0.05, 0.1) is 0 Å². The first-order chi connectivity index (χ1) is 11.8. The van der Waals surface area contributed by atoms with Gasteiger partial charge in [-0.2, -0.15) is 11.8 Å². The summed E-state index contributed by atoms with van der Waals surface area (Å²) < 4.78 is 5.29. The lowest BCUT2D eigenvalue weighted by Crippen LogP contribution is -2.07. The van der Waals surface area contributed by atoms with Crippen LogP contribution < -0.4 is 0 Å². The zero-order valence-electron chi connectivity index (χ0n) is 15.8. The van der Waals surface area contributed by atoms with Gasteiger partial charge in [-0.3, -0.25) is 4.79 Å². The molecule has 0 heterocycles. The molecule has 0 saturated heterocycles. The molecule has 144 valence electrons. The van der Waals surface area contributed by atoms with Crippen LogP contribution in [0.5, 0.6) is 0 Å². The molecule has 0 aliphatic carbocycles. The Balaban J connectivity index is 3.11. The van der Waals surface area contributed by atoms with Crippen molar-refractivity contribution in [3.63, 3.8) is 0 Å². The highest BCUT2D eigenvalue weighted by molar-refractivity contribution is 9.09. The molecule has 0 aliphatic rings. The second-order valence-corrected chi connectivity index (χ2v) is 8.53. The fraction of sp³-hybridized carbons (Fsp3) is 0.950. The molecule has 0 aromatic heterocycles. The first-order valence-corrected chi connectivity index (χ1v) is 12.4. The Hall–Kier alpha value is 0.300. The Morgan fingerprint density at radius 3 is 2.04 bits per heavy atom. The summed E-state index contributed by atoms with van der Waals surface area (Å²) in [5.74, 6) is 2.15. The first kappa shape index (κ1) is 24.3. The maximum absolute atomic E-state index is 11.6. The molecular formula is C20H39BrO2S. The summed E-state index contributed by atoms with van der Waals surface area (Å²) in [6, 6.07) is 0. The van der Waals surface area contributed by atoms with Crippen LogP contribution >= 0.6 is 27.7 Å². The van der Waals surface area contributed by atoms with E-state index in [0.29, 0.717) is 13.0 Å². The van der Waals surface area contributed by atoms with E-state index in [-0.39, 0.29) is 5.97 Å². The van der Waals surface area contributed by atoms with Crippen LogP contribution in [0.3, 0.4) is 0 Å². The van der Waals surface area contributed by atoms with Gasteiger partial charge in [0.25, 0.3) is 0 Å². The van der Waals surface area contributed by atoms with Gasteiger partial charge in [-0.15, -0.1) is 0 Å². The second-order valence-electron chi connectivity index (χ2n) is 6.51. The summed E-state index contributed by atoms with van der Waals surface area (Å²) in [5, 5.41) is 1.09. The maximum Gasteiger partial charge on any atom is 0.305 e. The smallest absolute Gasteiger partial charge is 0.305 e. The van der Waals surface area contributed by atoms with Gasteiger partial charge < -0.3 is 4.74 Å². The molecule has 0 bridgehead atoms. The Morgan fingerprint density at radius 1 is 0.792 bits per heavy atom. The van der Waals surface area contributed by atoms with E-state index in [0.717, 1.165) is 23.9 Å². The van der Waals surface area contributed by atoms with E-state index < -0.39 is 0 Å². The first-order valence-electron chi connectivity index (χ1n) is 10.1. The highest BCUT2D eigenvalue weighted by Crippen LogP contribution is 2.11. The Morgan fingerprint density at radius 2 is 1.38 bits per heavy atom. The van der Waals surface area contributed by atoms with Crippen molar-refractivity contribution in [3.8, 4) is 0 Å². The minimum absolute atomic E-state index is 0.0110. The number of hydrogen-bond donors (Lipinski definition) is 0. The summed E-state index contributed by atoms with van der Waals surface area (Å²) in [6.45, 7) is 2.85. The zero-order valence-corrected chi connectivity index (χ0v) is 18.2. The fourth-order valence-electron chi connectivity index (χ4n) is 2.62. The van der Waals surface area contributed by atoms with Crippen LogP contribution in [0.2, 0.25) is 0 Å². The molecule has 0 aliphatic heterocycles. The van der Waals surface area contributed by atoms with Crippen LogP contribution in [0.1, 0.15) is 96.8 Å². The van der Waals surface area contributed by atoms with E-state index in [1.54, 1.807) is 0 Å². The number of hydrogen-bond acceptors (Lipinski definition) is 3. The maximum atomic E-state index is 11.6. The van der Waals surface area contributed by atoms with Gasteiger partial charge in [0.2, 0.25) is 0 Å². The predicted octanol–water partition coefficient (Wildman–Crippen LogP) is 7.14. The number of alkyl halides is 1. The van der Waals surface area contributed by atoms with Gasteiger partial charge in [-0.05, 0) is 25.0 Å². The van der Waals surface area contributed by atoms with Crippen molar-refractivity contribution in [1.29, 1.82) is 0 Å². The molecule has 0 spiro atoms. The number of carbonyl (C=O) groups excluding carboxylic acids is 1. The largest absolute Gasteiger partial charge is 0.465 e. The zero-order chi connectivity index (χ0) is 17.7. The van der Waals surface area contributed by atoms with E-state index in [9.17, 15) is 4.79 Å². The second kappa shape index (κ2) is 21.3. The third kappa shape index (κ3) is 20.3. The summed E-state index contributed by atoms with van der Waals surface area (Å²) in [7, 11) is 0. The molecule has 0 saturated carbocycles. The van der Waals surface area contributed by atoms with Crippen molar-refractivity contribution in [2.75, 3.05) is 23.4 Å². The van der Waals surface area contributed by atoms with Gasteiger partial charge in [-0.25, -0.2) is 0 Å². The van der Waals surface area contributed by atoms with Gasteiger partial charge in [0.1, 0.15) is 6.61 Å². The highest BCUT2D eigenvalue weighted by atomic mass is 79.9. The van der Waals surface area contributed by atoms with E-state index >= 15 is 0 Å². The van der Waals surface area contributed by atoms with Gasteiger partial charge in [-0.1, -0.05) is 87.1 Å². The average Bonchev–Trinajstić information content (AvgIpc) is 2.59. The molecular weight excluding hydrogens is 384 g/mol. The summed E-state index contributed by atoms with van der Waals surface area (Å²) in [5.41, 5.74) is 0. The van der Waals surface area contributed by atoms with E-state index in [1.807, 2.05) is 11.8 Å². The number of esters is 1. The van der Waals surface area contributed by atoms with E-state index in [2.05, 4.69) is 22.9 Å². The normalized spacial score (nSPS) is 10.9. The molecule has 0 amide bonds. The Kier molecular flexibility index (Phi) is 21.6. The van der Waals surface area contributed by atoms with Gasteiger partial charge >= 0.3 is 5.97 Å². The summed E-state index contributed by atoms with van der Waals surface area (Å²) in [4.78, 5) is 11.6. The Bertz CT molecular complexity index is 262. The summed E-state index contributed by atoms with van der Waals surface area (Å²) >= 11 is 5.36.